The maximum Gasteiger partial charge on any atom is 0.407 e. The summed E-state index contributed by atoms with van der Waals surface area (Å²) in [7, 11) is -3.43. The Bertz CT molecular complexity index is 683. The number of amides is 1. The van der Waals surface area contributed by atoms with E-state index in [0.29, 0.717) is 17.7 Å². The zero-order valence-corrected chi connectivity index (χ0v) is 15.9. The first-order valence-electron chi connectivity index (χ1n) is 8.60. The van der Waals surface area contributed by atoms with Crippen LogP contribution < -0.4 is 11.1 Å². The van der Waals surface area contributed by atoms with Crippen LogP contribution in [0, 0.1) is 5.92 Å². The number of carbonyl (C=O) groups is 1. The number of nitrogens with one attached hydrogen (secondary N) is 1. The van der Waals surface area contributed by atoms with E-state index in [1.165, 1.54) is 0 Å². The number of hydrogen-bond acceptors (Lipinski definition) is 5. The summed E-state index contributed by atoms with van der Waals surface area (Å²) in [5.74, 6) is -0.271. The molecule has 7 heteroatoms. The fourth-order valence-electron chi connectivity index (χ4n) is 3.14. The van der Waals surface area contributed by atoms with E-state index < -0.39 is 21.5 Å². The number of rotatable bonds is 4. The Hall–Kier alpha value is -1.60. The summed E-state index contributed by atoms with van der Waals surface area (Å²) in [6.45, 7) is 5.38. The molecule has 0 heterocycles. The van der Waals surface area contributed by atoms with Crippen molar-refractivity contribution in [3.05, 3.63) is 30.3 Å². The van der Waals surface area contributed by atoms with Crippen LogP contribution in [0.3, 0.4) is 0 Å². The molecule has 1 aromatic rings. The quantitative estimate of drug-likeness (QED) is 0.851. The molecule has 0 aromatic heterocycles. The average molecular weight is 368 g/mol. The van der Waals surface area contributed by atoms with Crippen LogP contribution in [0.5, 0.6) is 0 Å². The molecule has 1 aliphatic carbocycles. The highest BCUT2D eigenvalue weighted by molar-refractivity contribution is 7.91. The second-order valence-corrected chi connectivity index (χ2v) is 9.71. The van der Waals surface area contributed by atoms with Gasteiger partial charge in [0.15, 0.2) is 9.84 Å². The highest BCUT2D eigenvalue weighted by atomic mass is 32.2. The van der Waals surface area contributed by atoms with Gasteiger partial charge in [0, 0.05) is 12.1 Å². The van der Waals surface area contributed by atoms with Crippen LogP contribution >= 0.6 is 0 Å². The van der Waals surface area contributed by atoms with Crippen LogP contribution in [0.15, 0.2) is 35.2 Å². The Morgan fingerprint density at radius 1 is 1.24 bits per heavy atom. The largest absolute Gasteiger partial charge is 0.444 e. The van der Waals surface area contributed by atoms with Crippen molar-refractivity contribution >= 4 is 15.9 Å². The summed E-state index contributed by atoms with van der Waals surface area (Å²) in [4.78, 5) is 12.4. The first-order valence-corrected chi connectivity index (χ1v) is 10.2. The number of nitrogens with two attached hydrogens (primary N) is 1. The van der Waals surface area contributed by atoms with Crippen LogP contribution in [-0.4, -0.2) is 37.9 Å². The van der Waals surface area contributed by atoms with Crippen molar-refractivity contribution in [3.63, 3.8) is 0 Å². The van der Waals surface area contributed by atoms with Crippen LogP contribution in [0.1, 0.15) is 40.0 Å². The Morgan fingerprint density at radius 3 is 2.48 bits per heavy atom. The lowest BCUT2D eigenvalue weighted by Gasteiger charge is -2.35. The van der Waals surface area contributed by atoms with Gasteiger partial charge in [0.1, 0.15) is 5.60 Å². The van der Waals surface area contributed by atoms with Crippen molar-refractivity contribution < 1.29 is 17.9 Å². The molecule has 1 aliphatic rings. The van der Waals surface area contributed by atoms with Crippen molar-refractivity contribution in [2.24, 2.45) is 11.7 Å². The predicted molar refractivity (Wildman–Crippen MR) is 97.0 cm³/mol. The van der Waals surface area contributed by atoms with Crippen LogP contribution in [0.25, 0.3) is 0 Å². The molecular formula is C18H28N2O4S. The number of benzene rings is 1. The Balaban J connectivity index is 2.10. The molecule has 3 N–H and O–H groups in total. The molecule has 25 heavy (non-hydrogen) atoms. The van der Waals surface area contributed by atoms with Gasteiger partial charge in [0.05, 0.1) is 10.6 Å². The number of carbonyl (C=O) groups excluding carboxylic acids is 1. The molecule has 0 aliphatic heterocycles. The third-order valence-corrected chi connectivity index (χ3v) is 6.12. The van der Waals surface area contributed by atoms with Crippen molar-refractivity contribution in [2.45, 2.75) is 62.6 Å². The highest BCUT2D eigenvalue weighted by Crippen LogP contribution is 2.27. The summed E-state index contributed by atoms with van der Waals surface area (Å²) in [6, 6.07) is 8.07. The minimum absolute atomic E-state index is 0.0365. The first kappa shape index (κ1) is 19.7. The van der Waals surface area contributed by atoms with E-state index in [9.17, 15) is 13.2 Å². The molecule has 0 saturated heterocycles. The normalized spacial score (nSPS) is 24.6. The Labute approximate surface area is 150 Å². The summed E-state index contributed by atoms with van der Waals surface area (Å²) in [5.41, 5.74) is 5.44. The van der Waals surface area contributed by atoms with Gasteiger partial charge in [-0.05, 0) is 58.1 Å². The summed E-state index contributed by atoms with van der Waals surface area (Å²) in [6.07, 6.45) is 1.44. The van der Waals surface area contributed by atoms with Gasteiger partial charge in [-0.1, -0.05) is 18.2 Å². The van der Waals surface area contributed by atoms with Crippen molar-refractivity contribution in [1.29, 1.82) is 0 Å². The molecule has 6 nitrogen and oxygen atoms in total. The SMILES string of the molecule is CC(C)(C)OC(=O)N[C@H]1CC[C@H](N)C[C@@H]1CS(=O)(=O)c1ccccc1. The van der Waals surface area contributed by atoms with E-state index in [2.05, 4.69) is 5.32 Å². The molecule has 0 spiro atoms. The van der Waals surface area contributed by atoms with E-state index in [4.69, 9.17) is 10.5 Å². The topological polar surface area (TPSA) is 98.5 Å². The van der Waals surface area contributed by atoms with Gasteiger partial charge in [0.25, 0.3) is 0 Å². The summed E-state index contributed by atoms with van der Waals surface area (Å²) in [5, 5.41) is 2.84. The molecule has 0 unspecified atom stereocenters. The van der Waals surface area contributed by atoms with Crippen LogP contribution in [0.4, 0.5) is 4.79 Å². The highest BCUT2D eigenvalue weighted by Gasteiger charge is 2.34. The number of ether oxygens (including phenoxy) is 1. The van der Waals surface area contributed by atoms with Crippen LogP contribution in [-0.2, 0) is 14.6 Å². The Kier molecular flexibility index (Phi) is 6.11. The fourth-order valence-corrected chi connectivity index (χ4v) is 4.84. The van der Waals surface area contributed by atoms with Gasteiger partial charge in [-0.3, -0.25) is 0 Å². The minimum atomic E-state index is -3.43. The summed E-state index contributed by atoms with van der Waals surface area (Å²) < 4.78 is 30.7. The summed E-state index contributed by atoms with van der Waals surface area (Å²) >= 11 is 0. The molecule has 1 aromatic carbocycles. The number of hydrogen-bond donors (Lipinski definition) is 2. The lowest BCUT2D eigenvalue weighted by Crippen LogP contribution is -2.49. The zero-order valence-electron chi connectivity index (χ0n) is 15.1. The van der Waals surface area contributed by atoms with Gasteiger partial charge in [0.2, 0.25) is 0 Å². The standard InChI is InChI=1S/C18H28N2O4S/c1-18(2,3)24-17(21)20-16-10-9-14(19)11-13(16)12-25(22,23)15-7-5-4-6-8-15/h4-8,13-14,16H,9-12,19H2,1-3H3,(H,20,21)/t13-,14+,16+/m1/s1. The molecule has 0 bridgehead atoms. The zero-order chi connectivity index (χ0) is 18.7. The smallest absolute Gasteiger partial charge is 0.407 e. The minimum Gasteiger partial charge on any atom is -0.444 e. The van der Waals surface area contributed by atoms with Gasteiger partial charge < -0.3 is 15.8 Å². The van der Waals surface area contributed by atoms with Gasteiger partial charge in [-0.25, -0.2) is 13.2 Å². The predicted octanol–water partition coefficient (Wildman–Crippen LogP) is 2.48. The molecule has 3 atom stereocenters. The molecule has 140 valence electrons. The maximum absolute atomic E-state index is 12.7. The average Bonchev–Trinajstić information content (AvgIpc) is 2.49. The lowest BCUT2D eigenvalue weighted by molar-refractivity contribution is 0.0470. The molecule has 1 fully saturated rings. The third kappa shape index (κ3) is 6.01. The van der Waals surface area contributed by atoms with Crippen molar-refractivity contribution in [2.75, 3.05) is 5.75 Å². The van der Waals surface area contributed by atoms with E-state index in [0.717, 1.165) is 6.42 Å². The van der Waals surface area contributed by atoms with Gasteiger partial charge >= 0.3 is 6.09 Å². The lowest BCUT2D eigenvalue weighted by atomic mass is 9.83. The monoisotopic (exact) mass is 368 g/mol. The van der Waals surface area contributed by atoms with Gasteiger partial charge in [-0.15, -0.1) is 0 Å². The molecule has 1 saturated carbocycles. The van der Waals surface area contributed by atoms with E-state index in [1.807, 2.05) is 0 Å². The number of sulfone groups is 1. The second kappa shape index (κ2) is 7.74. The first-order chi connectivity index (χ1) is 11.6. The molecular weight excluding hydrogens is 340 g/mol. The molecule has 0 radical (unpaired) electrons. The van der Waals surface area contributed by atoms with E-state index in [-0.39, 0.29) is 23.8 Å². The second-order valence-electron chi connectivity index (χ2n) is 7.68. The van der Waals surface area contributed by atoms with Crippen LogP contribution in [0.2, 0.25) is 0 Å². The van der Waals surface area contributed by atoms with Gasteiger partial charge in [-0.2, -0.15) is 0 Å². The van der Waals surface area contributed by atoms with E-state index in [1.54, 1.807) is 51.1 Å². The Morgan fingerprint density at radius 2 is 1.88 bits per heavy atom. The van der Waals surface area contributed by atoms with Crippen molar-refractivity contribution in [3.8, 4) is 0 Å². The molecule has 2 rings (SSSR count). The fraction of sp³-hybridized carbons (Fsp3) is 0.611. The third-order valence-electron chi connectivity index (χ3n) is 4.26. The molecule has 1 amide bonds. The number of alkyl carbamates (subject to hydrolysis) is 1. The van der Waals surface area contributed by atoms with E-state index >= 15 is 0 Å². The van der Waals surface area contributed by atoms with Crippen molar-refractivity contribution in [1.82, 2.24) is 5.32 Å². The maximum atomic E-state index is 12.7.